The molecule has 0 radical (unpaired) electrons. The van der Waals surface area contributed by atoms with Gasteiger partial charge in [-0.2, -0.15) is 5.10 Å². The summed E-state index contributed by atoms with van der Waals surface area (Å²) in [6, 6.07) is 5.41. The van der Waals surface area contributed by atoms with Crippen molar-refractivity contribution >= 4 is 33.4 Å². The number of hydrogen-bond donors (Lipinski definition) is 1. The Hall–Kier alpha value is -1.85. The van der Waals surface area contributed by atoms with Crippen LogP contribution in [0.4, 0.5) is 0 Å². The number of aromatic amines is 1. The fraction of sp³-hybridized carbons (Fsp3) is 0.375. The van der Waals surface area contributed by atoms with E-state index in [1.807, 2.05) is 23.7 Å². The van der Waals surface area contributed by atoms with Crippen LogP contribution in [0.15, 0.2) is 23.0 Å². The molecule has 5 nitrogen and oxygen atoms in total. The Labute approximate surface area is 131 Å². The van der Waals surface area contributed by atoms with E-state index < -0.39 is 0 Å². The number of rotatable bonds is 1. The summed E-state index contributed by atoms with van der Waals surface area (Å²) in [5.74, 6) is 0. The molecule has 1 aliphatic heterocycles. The molecule has 6 heteroatoms. The summed E-state index contributed by atoms with van der Waals surface area (Å²) in [5, 5.41) is 6.78. The second kappa shape index (κ2) is 5.11. The fourth-order valence-electron chi connectivity index (χ4n) is 3.18. The largest absolute Gasteiger partial charge is 0.357 e. The monoisotopic (exact) mass is 317 g/mol. The quantitative estimate of drug-likeness (QED) is 0.746. The molecule has 0 saturated carbocycles. The Bertz CT molecular complexity index is 922. The molecule has 0 unspecified atom stereocenters. The van der Waals surface area contributed by atoms with Crippen LogP contribution in [0.1, 0.15) is 31.2 Å². The molecule has 1 aliphatic rings. The molecule has 3 aromatic rings. The number of aromatic nitrogens is 3. The van der Waals surface area contributed by atoms with Crippen LogP contribution in [0.2, 0.25) is 5.02 Å². The summed E-state index contributed by atoms with van der Waals surface area (Å²) in [6.07, 6.45) is 3.03. The number of hydrogen-bond acceptors (Lipinski definition) is 3. The molecular weight excluding hydrogens is 302 g/mol. The zero-order chi connectivity index (χ0) is 15.3. The molecule has 1 aromatic carbocycles. The zero-order valence-corrected chi connectivity index (χ0v) is 13.0. The zero-order valence-electron chi connectivity index (χ0n) is 12.2. The molecule has 4 rings (SSSR count). The van der Waals surface area contributed by atoms with Crippen LogP contribution >= 0.6 is 11.6 Å². The van der Waals surface area contributed by atoms with Crippen LogP contribution in [-0.2, 0) is 4.74 Å². The molecule has 114 valence electrons. The lowest BCUT2D eigenvalue weighted by Crippen LogP contribution is -2.20. The predicted molar refractivity (Wildman–Crippen MR) is 86.4 cm³/mol. The molecule has 0 bridgehead atoms. The lowest BCUT2D eigenvalue weighted by molar-refractivity contribution is -0.0402. The molecule has 2 aromatic heterocycles. The molecule has 0 aliphatic carbocycles. The molecule has 3 heterocycles. The Morgan fingerprint density at radius 2 is 2.27 bits per heavy atom. The number of aryl methyl sites for hydroxylation is 1. The summed E-state index contributed by atoms with van der Waals surface area (Å²) in [5.41, 5.74) is 2.15. The molecule has 1 saturated heterocycles. The normalized spacial score (nSPS) is 19.1. The number of fused-ring (bicyclic) bond motifs is 3. The van der Waals surface area contributed by atoms with E-state index in [0.29, 0.717) is 15.9 Å². The van der Waals surface area contributed by atoms with Crippen LogP contribution in [0.25, 0.3) is 21.8 Å². The predicted octanol–water partition coefficient (Wildman–Crippen LogP) is 3.54. The van der Waals surface area contributed by atoms with Crippen molar-refractivity contribution in [3.63, 3.8) is 0 Å². The first-order chi connectivity index (χ1) is 10.6. The highest BCUT2D eigenvalue weighted by atomic mass is 35.5. The van der Waals surface area contributed by atoms with Crippen molar-refractivity contribution in [1.82, 2.24) is 14.8 Å². The van der Waals surface area contributed by atoms with E-state index in [4.69, 9.17) is 16.3 Å². The van der Waals surface area contributed by atoms with Crippen molar-refractivity contribution in [2.75, 3.05) is 6.61 Å². The maximum atomic E-state index is 12.4. The van der Waals surface area contributed by atoms with Gasteiger partial charge in [0.05, 0.1) is 16.6 Å². The molecule has 0 spiro atoms. The van der Waals surface area contributed by atoms with Crippen LogP contribution in [0.3, 0.4) is 0 Å². The second-order valence-corrected chi connectivity index (χ2v) is 6.16. The Kier molecular flexibility index (Phi) is 3.20. The van der Waals surface area contributed by atoms with Gasteiger partial charge in [-0.05, 0) is 44.4 Å². The van der Waals surface area contributed by atoms with E-state index >= 15 is 0 Å². The van der Waals surface area contributed by atoms with Gasteiger partial charge in [0.15, 0.2) is 0 Å². The summed E-state index contributed by atoms with van der Waals surface area (Å²) in [4.78, 5) is 15.3. The van der Waals surface area contributed by atoms with Crippen molar-refractivity contribution < 1.29 is 4.74 Å². The van der Waals surface area contributed by atoms with E-state index in [2.05, 4.69) is 10.1 Å². The highest BCUT2D eigenvalue weighted by molar-refractivity contribution is 6.31. The van der Waals surface area contributed by atoms with Crippen molar-refractivity contribution in [3.8, 4) is 0 Å². The van der Waals surface area contributed by atoms with Crippen molar-refractivity contribution in [2.24, 2.45) is 0 Å². The first-order valence-corrected chi connectivity index (χ1v) is 7.85. The second-order valence-electron chi connectivity index (χ2n) is 5.72. The van der Waals surface area contributed by atoms with E-state index in [-0.39, 0.29) is 11.8 Å². The topological polar surface area (TPSA) is 59.9 Å². The Morgan fingerprint density at radius 1 is 1.41 bits per heavy atom. The molecule has 1 atom stereocenters. The third-order valence-corrected chi connectivity index (χ3v) is 4.53. The minimum atomic E-state index is -0.121. The van der Waals surface area contributed by atoms with Crippen LogP contribution < -0.4 is 5.56 Å². The number of halogens is 1. The van der Waals surface area contributed by atoms with Crippen molar-refractivity contribution in [1.29, 1.82) is 0 Å². The van der Waals surface area contributed by atoms with Gasteiger partial charge in [0, 0.05) is 17.0 Å². The fourth-order valence-corrected chi connectivity index (χ4v) is 3.35. The van der Waals surface area contributed by atoms with Gasteiger partial charge in [-0.1, -0.05) is 11.6 Å². The van der Waals surface area contributed by atoms with Gasteiger partial charge in [0.1, 0.15) is 11.7 Å². The summed E-state index contributed by atoms with van der Waals surface area (Å²) < 4.78 is 7.66. The van der Waals surface area contributed by atoms with Gasteiger partial charge in [-0.3, -0.25) is 4.79 Å². The van der Waals surface area contributed by atoms with Gasteiger partial charge in [0.2, 0.25) is 0 Å². The number of pyridine rings is 1. The first kappa shape index (κ1) is 13.8. The van der Waals surface area contributed by atoms with Crippen molar-refractivity contribution in [3.05, 3.63) is 39.3 Å². The van der Waals surface area contributed by atoms with Gasteiger partial charge in [-0.25, -0.2) is 4.68 Å². The van der Waals surface area contributed by atoms with E-state index in [1.54, 1.807) is 6.07 Å². The molecule has 1 fully saturated rings. The number of nitrogens with one attached hydrogen (secondary N) is 1. The van der Waals surface area contributed by atoms with Gasteiger partial charge >= 0.3 is 0 Å². The molecule has 22 heavy (non-hydrogen) atoms. The summed E-state index contributed by atoms with van der Waals surface area (Å²) >= 11 is 6.10. The van der Waals surface area contributed by atoms with Gasteiger partial charge < -0.3 is 9.72 Å². The SMILES string of the molecule is Cc1c2c(=O)[nH]c3ccc(Cl)cc3c2nn1[C@@H]1CCCCO1. The average molecular weight is 318 g/mol. The van der Waals surface area contributed by atoms with E-state index in [1.165, 1.54) is 0 Å². The van der Waals surface area contributed by atoms with Crippen LogP contribution in [-0.4, -0.2) is 21.4 Å². The van der Waals surface area contributed by atoms with Crippen LogP contribution in [0.5, 0.6) is 0 Å². The van der Waals surface area contributed by atoms with E-state index in [0.717, 1.165) is 42.5 Å². The minimum absolute atomic E-state index is 0.0882. The highest BCUT2D eigenvalue weighted by Crippen LogP contribution is 2.29. The summed E-state index contributed by atoms with van der Waals surface area (Å²) in [6.45, 7) is 2.65. The third kappa shape index (κ3) is 2.04. The summed E-state index contributed by atoms with van der Waals surface area (Å²) in [7, 11) is 0. The lowest BCUT2D eigenvalue weighted by atomic mass is 10.1. The Morgan fingerprint density at radius 3 is 3.05 bits per heavy atom. The minimum Gasteiger partial charge on any atom is -0.357 e. The average Bonchev–Trinajstić information content (AvgIpc) is 2.88. The first-order valence-electron chi connectivity index (χ1n) is 7.47. The number of H-pyrrole nitrogens is 1. The maximum Gasteiger partial charge on any atom is 0.259 e. The van der Waals surface area contributed by atoms with Gasteiger partial charge in [-0.15, -0.1) is 0 Å². The maximum absolute atomic E-state index is 12.4. The Balaban J connectivity index is 2.03. The standard InChI is InChI=1S/C16H16ClN3O2/c1-9-14-15(19-20(9)13-4-2-3-7-22-13)11-8-10(17)5-6-12(11)18-16(14)21/h5-6,8,13H,2-4,7H2,1H3,(H,18,21)/t13-/m0/s1. The van der Waals surface area contributed by atoms with E-state index in [9.17, 15) is 4.79 Å². The molecular formula is C16H16ClN3O2. The van der Waals surface area contributed by atoms with Crippen LogP contribution in [0, 0.1) is 6.92 Å². The molecule has 1 N–H and O–H groups in total. The number of ether oxygens (including phenoxy) is 1. The molecule has 0 amide bonds. The third-order valence-electron chi connectivity index (χ3n) is 4.29. The highest BCUT2D eigenvalue weighted by Gasteiger charge is 2.22. The number of nitrogens with zero attached hydrogens (tertiary/aromatic N) is 2. The lowest BCUT2D eigenvalue weighted by Gasteiger charge is -2.23. The number of benzene rings is 1. The van der Waals surface area contributed by atoms with Gasteiger partial charge in [0.25, 0.3) is 5.56 Å². The van der Waals surface area contributed by atoms with Crippen molar-refractivity contribution in [2.45, 2.75) is 32.4 Å². The smallest absolute Gasteiger partial charge is 0.259 e.